The van der Waals surface area contributed by atoms with Crippen molar-refractivity contribution >= 4 is 5.97 Å². The van der Waals surface area contributed by atoms with E-state index in [1.165, 1.54) is 0 Å². The first kappa shape index (κ1) is 12.3. The zero-order valence-electron chi connectivity index (χ0n) is 9.23. The van der Waals surface area contributed by atoms with Gasteiger partial charge < -0.3 is 0 Å². The van der Waals surface area contributed by atoms with Crippen LogP contribution < -0.4 is 0 Å². The molecule has 3 heteroatoms. The molecular weight excluding hydrogens is 204 g/mol. The van der Waals surface area contributed by atoms with E-state index in [1.807, 2.05) is 13.0 Å². The Bertz CT molecular complexity index is 373. The van der Waals surface area contributed by atoms with E-state index in [4.69, 9.17) is 4.89 Å². The first-order chi connectivity index (χ1) is 7.84. The molecule has 0 heterocycles. The zero-order chi connectivity index (χ0) is 11.6. The van der Waals surface area contributed by atoms with Gasteiger partial charge in [0.1, 0.15) is 6.61 Å². The lowest BCUT2D eigenvalue weighted by molar-refractivity contribution is -0.239. The molecule has 0 bridgehead atoms. The van der Waals surface area contributed by atoms with Crippen LogP contribution >= 0.6 is 0 Å². The molecule has 0 saturated heterocycles. The van der Waals surface area contributed by atoms with Gasteiger partial charge in [0.15, 0.2) is 0 Å². The molecule has 0 atom stereocenters. The van der Waals surface area contributed by atoms with Gasteiger partial charge in [-0.25, -0.2) is 4.79 Å². The topological polar surface area (TPSA) is 35.5 Å². The summed E-state index contributed by atoms with van der Waals surface area (Å²) in [4.78, 5) is 20.7. The number of hydrogen-bond acceptors (Lipinski definition) is 3. The summed E-state index contributed by atoms with van der Waals surface area (Å²) in [5, 5.41) is 0. The Hall–Kier alpha value is -1.79. The van der Waals surface area contributed by atoms with E-state index in [0.29, 0.717) is 18.6 Å². The van der Waals surface area contributed by atoms with Gasteiger partial charge in [0.2, 0.25) is 0 Å². The van der Waals surface area contributed by atoms with Crippen LogP contribution in [0.1, 0.15) is 30.1 Å². The second-order valence-corrected chi connectivity index (χ2v) is 3.02. The van der Waals surface area contributed by atoms with Crippen molar-refractivity contribution in [3.05, 3.63) is 35.9 Å². The monoisotopic (exact) mass is 218 g/mol. The number of carbonyl (C=O) groups is 1. The smallest absolute Gasteiger partial charge is 0.293 e. The van der Waals surface area contributed by atoms with E-state index in [-0.39, 0.29) is 0 Å². The van der Waals surface area contributed by atoms with E-state index in [9.17, 15) is 4.79 Å². The summed E-state index contributed by atoms with van der Waals surface area (Å²) in [7, 11) is 0. The van der Waals surface area contributed by atoms with Crippen molar-refractivity contribution in [2.24, 2.45) is 0 Å². The van der Waals surface area contributed by atoms with Crippen molar-refractivity contribution in [3.8, 4) is 11.8 Å². The molecule has 0 saturated carbocycles. The van der Waals surface area contributed by atoms with Crippen LogP contribution in [0.3, 0.4) is 0 Å². The van der Waals surface area contributed by atoms with Crippen LogP contribution in [0.2, 0.25) is 0 Å². The summed E-state index contributed by atoms with van der Waals surface area (Å²) in [6.07, 6.45) is 1.39. The van der Waals surface area contributed by atoms with E-state index < -0.39 is 5.97 Å². The molecule has 0 fully saturated rings. The fourth-order valence-electron chi connectivity index (χ4n) is 1.02. The van der Waals surface area contributed by atoms with Gasteiger partial charge in [-0.05, 0) is 12.1 Å². The molecular formula is C13H14O3. The molecule has 0 aliphatic heterocycles. The van der Waals surface area contributed by atoms with Gasteiger partial charge in [0, 0.05) is 12.8 Å². The van der Waals surface area contributed by atoms with Crippen LogP contribution in [-0.4, -0.2) is 12.6 Å². The molecule has 84 valence electrons. The molecule has 0 radical (unpaired) electrons. The Kier molecular flexibility index (Phi) is 5.75. The average Bonchev–Trinajstić information content (AvgIpc) is 2.34. The Labute approximate surface area is 95.3 Å². The van der Waals surface area contributed by atoms with Crippen LogP contribution in [0.5, 0.6) is 0 Å². The molecule has 0 unspecified atom stereocenters. The summed E-state index contributed by atoms with van der Waals surface area (Å²) in [5.41, 5.74) is 0.474. The van der Waals surface area contributed by atoms with Crippen molar-refractivity contribution in [1.29, 1.82) is 0 Å². The fraction of sp³-hybridized carbons (Fsp3) is 0.308. The fourth-order valence-corrected chi connectivity index (χ4v) is 1.02. The third kappa shape index (κ3) is 4.63. The third-order valence-electron chi connectivity index (χ3n) is 1.76. The highest BCUT2D eigenvalue weighted by Gasteiger charge is 2.05. The van der Waals surface area contributed by atoms with E-state index in [0.717, 1.165) is 6.42 Å². The molecule has 3 nitrogen and oxygen atoms in total. The minimum absolute atomic E-state index is 0.297. The molecule has 0 spiro atoms. The van der Waals surface area contributed by atoms with E-state index in [1.54, 1.807) is 24.3 Å². The maximum Gasteiger partial charge on any atom is 0.373 e. The van der Waals surface area contributed by atoms with Gasteiger partial charge in [-0.15, -0.1) is 11.8 Å². The minimum atomic E-state index is -0.482. The van der Waals surface area contributed by atoms with Crippen molar-refractivity contribution in [2.45, 2.75) is 19.8 Å². The molecule has 0 amide bonds. The largest absolute Gasteiger partial charge is 0.373 e. The standard InChI is InChI=1S/C13H14O3/c1-2-3-4-8-11-15-16-13(14)12-9-6-5-7-10-12/h5-7,9-10H,2,8,11H2,1H3. The van der Waals surface area contributed by atoms with Crippen molar-refractivity contribution in [3.63, 3.8) is 0 Å². The van der Waals surface area contributed by atoms with Crippen molar-refractivity contribution in [2.75, 3.05) is 6.61 Å². The zero-order valence-corrected chi connectivity index (χ0v) is 9.23. The number of hydrogen-bond donors (Lipinski definition) is 0. The molecule has 1 aromatic rings. The molecule has 0 aliphatic carbocycles. The highest BCUT2D eigenvalue weighted by Crippen LogP contribution is 2.01. The Morgan fingerprint density at radius 3 is 2.69 bits per heavy atom. The molecule has 16 heavy (non-hydrogen) atoms. The summed E-state index contributed by atoms with van der Waals surface area (Å²) in [5.74, 6) is 5.30. The predicted octanol–water partition coefficient (Wildman–Crippen LogP) is 2.58. The second-order valence-electron chi connectivity index (χ2n) is 3.02. The average molecular weight is 218 g/mol. The molecule has 0 aromatic heterocycles. The number of benzene rings is 1. The van der Waals surface area contributed by atoms with E-state index >= 15 is 0 Å². The minimum Gasteiger partial charge on any atom is -0.293 e. The normalized spacial score (nSPS) is 9.06. The maximum absolute atomic E-state index is 11.4. The van der Waals surface area contributed by atoms with Gasteiger partial charge in [0.05, 0.1) is 5.56 Å². The van der Waals surface area contributed by atoms with Gasteiger partial charge in [-0.2, -0.15) is 4.89 Å². The third-order valence-corrected chi connectivity index (χ3v) is 1.76. The SMILES string of the molecule is CCC#CCCOOC(=O)c1ccccc1. The summed E-state index contributed by atoms with van der Waals surface area (Å²) >= 11 is 0. The maximum atomic E-state index is 11.4. The highest BCUT2D eigenvalue weighted by molar-refractivity contribution is 5.88. The first-order valence-electron chi connectivity index (χ1n) is 5.19. The lowest BCUT2D eigenvalue weighted by Crippen LogP contribution is -2.06. The van der Waals surface area contributed by atoms with Crippen molar-refractivity contribution in [1.82, 2.24) is 0 Å². The molecule has 0 aliphatic rings. The Morgan fingerprint density at radius 2 is 2.00 bits per heavy atom. The van der Waals surface area contributed by atoms with Crippen molar-refractivity contribution < 1.29 is 14.6 Å². The second kappa shape index (κ2) is 7.49. The molecule has 1 aromatic carbocycles. The van der Waals surface area contributed by atoms with Gasteiger partial charge in [0.25, 0.3) is 0 Å². The molecule has 1 rings (SSSR count). The number of carbonyl (C=O) groups excluding carboxylic acids is 1. The Balaban J connectivity index is 2.21. The number of rotatable bonds is 4. The summed E-state index contributed by atoms with van der Waals surface area (Å²) in [6.45, 7) is 2.27. The summed E-state index contributed by atoms with van der Waals surface area (Å²) < 4.78 is 0. The van der Waals surface area contributed by atoms with E-state index in [2.05, 4.69) is 16.7 Å². The Morgan fingerprint density at radius 1 is 1.25 bits per heavy atom. The van der Waals surface area contributed by atoms with Gasteiger partial charge >= 0.3 is 5.97 Å². The van der Waals surface area contributed by atoms with Gasteiger partial charge in [-0.1, -0.05) is 25.1 Å². The van der Waals surface area contributed by atoms with Crippen LogP contribution in [0.25, 0.3) is 0 Å². The van der Waals surface area contributed by atoms with Crippen LogP contribution in [-0.2, 0) is 9.78 Å². The van der Waals surface area contributed by atoms with Crippen LogP contribution in [0.4, 0.5) is 0 Å². The van der Waals surface area contributed by atoms with Crippen LogP contribution in [0.15, 0.2) is 30.3 Å². The predicted molar refractivity (Wildman–Crippen MR) is 60.5 cm³/mol. The first-order valence-corrected chi connectivity index (χ1v) is 5.19. The lowest BCUT2D eigenvalue weighted by atomic mass is 10.2. The lowest BCUT2D eigenvalue weighted by Gasteiger charge is -2.01. The summed E-state index contributed by atoms with van der Waals surface area (Å²) in [6, 6.07) is 8.70. The van der Waals surface area contributed by atoms with Crippen LogP contribution in [0, 0.1) is 11.8 Å². The highest BCUT2D eigenvalue weighted by atomic mass is 17.2. The quantitative estimate of drug-likeness (QED) is 0.337. The van der Waals surface area contributed by atoms with Gasteiger partial charge in [-0.3, -0.25) is 4.89 Å². The molecule has 0 N–H and O–H groups in total.